The molecular weight excluding hydrogens is 228 g/mol. The maximum Gasteiger partial charge on any atom is 0.323 e. The summed E-state index contributed by atoms with van der Waals surface area (Å²) in [5, 5.41) is 0. The van der Waals surface area contributed by atoms with Gasteiger partial charge in [0.15, 0.2) is 0 Å². The predicted octanol–water partition coefficient (Wildman–Crippen LogP) is 1.74. The number of piperazine rings is 1. The lowest BCUT2D eigenvalue weighted by Gasteiger charge is -2.39. The normalized spacial score (nSPS) is 20.1. The molecule has 0 aromatic rings. The zero-order valence-electron chi connectivity index (χ0n) is 12.3. The lowest BCUT2D eigenvalue weighted by molar-refractivity contribution is -0.148. The molecule has 0 saturated carbocycles. The van der Waals surface area contributed by atoms with Gasteiger partial charge in [-0.05, 0) is 20.3 Å². The van der Waals surface area contributed by atoms with Crippen LogP contribution in [0, 0.1) is 0 Å². The van der Waals surface area contributed by atoms with E-state index in [1.807, 2.05) is 0 Å². The third kappa shape index (κ3) is 4.25. The summed E-state index contributed by atoms with van der Waals surface area (Å²) in [6.07, 6.45) is 3.13. The van der Waals surface area contributed by atoms with Gasteiger partial charge in [-0.1, -0.05) is 19.8 Å². The molecule has 1 aliphatic rings. The number of carbonyl (C=O) groups excluding carboxylic acids is 1. The highest BCUT2D eigenvalue weighted by atomic mass is 16.5. The number of unbranched alkanes of at least 4 members (excludes halogenated alkanes) is 1. The van der Waals surface area contributed by atoms with Gasteiger partial charge in [0.25, 0.3) is 0 Å². The van der Waals surface area contributed by atoms with Crippen LogP contribution in [0.25, 0.3) is 0 Å². The third-order valence-corrected chi connectivity index (χ3v) is 3.82. The maximum absolute atomic E-state index is 11.9. The molecular formula is C14H28N2O2. The Morgan fingerprint density at radius 3 is 2.17 bits per heavy atom. The van der Waals surface area contributed by atoms with Gasteiger partial charge in [-0.2, -0.15) is 0 Å². The van der Waals surface area contributed by atoms with Gasteiger partial charge >= 0.3 is 5.97 Å². The van der Waals surface area contributed by atoms with Crippen molar-refractivity contribution in [1.82, 2.24) is 9.80 Å². The lowest BCUT2D eigenvalue weighted by Crippen LogP contribution is -2.54. The van der Waals surface area contributed by atoms with Crippen molar-refractivity contribution in [3.8, 4) is 0 Å². The lowest BCUT2D eigenvalue weighted by atomic mass is 10.1. The molecule has 106 valence electrons. The van der Waals surface area contributed by atoms with Crippen LogP contribution in [-0.4, -0.2) is 61.1 Å². The molecule has 0 aromatic heterocycles. The van der Waals surface area contributed by atoms with Crippen LogP contribution >= 0.6 is 0 Å². The summed E-state index contributed by atoms with van der Waals surface area (Å²) in [5.74, 6) is -0.0681. The number of nitrogens with zero attached hydrogens (tertiary/aromatic N) is 2. The third-order valence-electron chi connectivity index (χ3n) is 3.82. The molecule has 0 aromatic carbocycles. The molecule has 1 saturated heterocycles. The average molecular weight is 256 g/mol. The van der Waals surface area contributed by atoms with Gasteiger partial charge < -0.3 is 4.74 Å². The molecule has 0 spiro atoms. The van der Waals surface area contributed by atoms with Gasteiger partial charge in [0.1, 0.15) is 6.04 Å². The molecule has 1 fully saturated rings. The van der Waals surface area contributed by atoms with E-state index in [-0.39, 0.29) is 12.0 Å². The van der Waals surface area contributed by atoms with Crippen molar-refractivity contribution in [2.45, 2.75) is 52.1 Å². The Kier molecular flexibility index (Phi) is 6.65. The number of carbonyl (C=O) groups is 1. The molecule has 0 amide bonds. The highest BCUT2D eigenvalue weighted by molar-refractivity contribution is 5.75. The van der Waals surface area contributed by atoms with Crippen LogP contribution in [0.1, 0.15) is 40.0 Å². The smallest absolute Gasteiger partial charge is 0.323 e. The van der Waals surface area contributed by atoms with Gasteiger partial charge in [0, 0.05) is 32.2 Å². The van der Waals surface area contributed by atoms with Crippen LogP contribution in [0.3, 0.4) is 0 Å². The molecule has 4 nitrogen and oxygen atoms in total. The fourth-order valence-electron chi connectivity index (χ4n) is 2.55. The number of rotatable bonds is 6. The number of esters is 1. The largest absolute Gasteiger partial charge is 0.468 e. The fraction of sp³-hybridized carbons (Fsp3) is 0.929. The summed E-state index contributed by atoms with van der Waals surface area (Å²) in [5.41, 5.74) is 0. The van der Waals surface area contributed by atoms with Crippen LogP contribution in [0.15, 0.2) is 0 Å². The number of methoxy groups -OCH3 is 1. The van der Waals surface area contributed by atoms with Crippen molar-refractivity contribution in [1.29, 1.82) is 0 Å². The maximum atomic E-state index is 11.9. The van der Waals surface area contributed by atoms with Gasteiger partial charge in [0.2, 0.25) is 0 Å². The Morgan fingerprint density at radius 2 is 1.72 bits per heavy atom. The number of hydrogen-bond acceptors (Lipinski definition) is 4. The van der Waals surface area contributed by atoms with E-state index in [1.165, 1.54) is 7.11 Å². The average Bonchev–Trinajstić information content (AvgIpc) is 2.39. The van der Waals surface area contributed by atoms with E-state index in [0.29, 0.717) is 6.04 Å². The van der Waals surface area contributed by atoms with Crippen molar-refractivity contribution in [3.05, 3.63) is 0 Å². The van der Waals surface area contributed by atoms with E-state index >= 15 is 0 Å². The molecule has 1 atom stereocenters. The molecule has 1 aliphatic heterocycles. The Hall–Kier alpha value is -0.610. The van der Waals surface area contributed by atoms with E-state index in [2.05, 4.69) is 30.6 Å². The quantitative estimate of drug-likeness (QED) is 0.678. The zero-order valence-corrected chi connectivity index (χ0v) is 12.3. The molecule has 18 heavy (non-hydrogen) atoms. The highest BCUT2D eigenvalue weighted by Crippen LogP contribution is 2.14. The van der Waals surface area contributed by atoms with Crippen molar-refractivity contribution >= 4 is 5.97 Å². The monoisotopic (exact) mass is 256 g/mol. The topological polar surface area (TPSA) is 32.8 Å². The first-order valence-electron chi connectivity index (χ1n) is 7.16. The van der Waals surface area contributed by atoms with E-state index < -0.39 is 0 Å². The molecule has 1 unspecified atom stereocenters. The molecule has 0 N–H and O–H groups in total. The van der Waals surface area contributed by atoms with Crippen LogP contribution < -0.4 is 0 Å². The standard InChI is InChI=1S/C14H28N2O2/c1-5-6-7-13(14(17)18-4)16-10-8-15(9-11-16)12(2)3/h12-13H,5-11H2,1-4H3. The van der Waals surface area contributed by atoms with Crippen molar-refractivity contribution in [2.75, 3.05) is 33.3 Å². The second kappa shape index (κ2) is 7.74. The molecule has 0 aliphatic carbocycles. The van der Waals surface area contributed by atoms with Gasteiger partial charge in [-0.15, -0.1) is 0 Å². The van der Waals surface area contributed by atoms with Crippen LogP contribution in [0.2, 0.25) is 0 Å². The summed E-state index contributed by atoms with van der Waals surface area (Å²) in [6, 6.07) is 0.559. The molecule has 0 radical (unpaired) electrons. The van der Waals surface area contributed by atoms with Crippen LogP contribution in [0.4, 0.5) is 0 Å². The van der Waals surface area contributed by atoms with Crippen molar-refractivity contribution < 1.29 is 9.53 Å². The number of hydrogen-bond donors (Lipinski definition) is 0. The second-order valence-corrected chi connectivity index (χ2v) is 5.35. The van der Waals surface area contributed by atoms with E-state index in [4.69, 9.17) is 4.74 Å². The SMILES string of the molecule is CCCCC(C(=O)OC)N1CCN(C(C)C)CC1. The Balaban J connectivity index is 2.51. The zero-order chi connectivity index (χ0) is 13.5. The molecule has 4 heteroatoms. The van der Waals surface area contributed by atoms with Gasteiger partial charge in [0.05, 0.1) is 7.11 Å². The summed E-state index contributed by atoms with van der Waals surface area (Å²) >= 11 is 0. The summed E-state index contributed by atoms with van der Waals surface area (Å²) in [6.45, 7) is 10.7. The van der Waals surface area contributed by atoms with E-state index in [0.717, 1.165) is 45.4 Å². The second-order valence-electron chi connectivity index (χ2n) is 5.35. The molecule has 0 bridgehead atoms. The van der Waals surface area contributed by atoms with Crippen molar-refractivity contribution in [2.24, 2.45) is 0 Å². The van der Waals surface area contributed by atoms with Crippen LogP contribution in [-0.2, 0) is 9.53 Å². The minimum Gasteiger partial charge on any atom is -0.468 e. The number of ether oxygens (including phenoxy) is 1. The minimum atomic E-state index is -0.0681. The first-order chi connectivity index (χ1) is 8.60. The molecule has 1 rings (SSSR count). The van der Waals surface area contributed by atoms with Gasteiger partial charge in [-0.25, -0.2) is 0 Å². The van der Waals surface area contributed by atoms with Crippen LogP contribution in [0.5, 0.6) is 0 Å². The molecule has 1 heterocycles. The Bertz CT molecular complexity index is 248. The summed E-state index contributed by atoms with van der Waals surface area (Å²) in [4.78, 5) is 16.6. The predicted molar refractivity (Wildman–Crippen MR) is 73.6 cm³/mol. The fourth-order valence-corrected chi connectivity index (χ4v) is 2.55. The summed E-state index contributed by atoms with van der Waals surface area (Å²) < 4.78 is 4.94. The first-order valence-corrected chi connectivity index (χ1v) is 7.16. The first kappa shape index (κ1) is 15.4. The Morgan fingerprint density at radius 1 is 1.17 bits per heavy atom. The van der Waals surface area contributed by atoms with E-state index in [1.54, 1.807) is 0 Å². The van der Waals surface area contributed by atoms with Gasteiger partial charge in [-0.3, -0.25) is 14.6 Å². The van der Waals surface area contributed by atoms with E-state index in [9.17, 15) is 4.79 Å². The summed E-state index contributed by atoms with van der Waals surface area (Å²) in [7, 11) is 1.49. The van der Waals surface area contributed by atoms with Crippen molar-refractivity contribution in [3.63, 3.8) is 0 Å². The highest BCUT2D eigenvalue weighted by Gasteiger charge is 2.29. The minimum absolute atomic E-state index is 0.0377. The Labute approximate surface area is 111 Å².